The molecule has 0 heterocycles. The van der Waals surface area contributed by atoms with E-state index in [0.717, 1.165) is 5.92 Å². The van der Waals surface area contributed by atoms with Crippen molar-refractivity contribution in [3.63, 3.8) is 0 Å². The van der Waals surface area contributed by atoms with Crippen molar-refractivity contribution in [1.29, 1.82) is 0 Å². The molecule has 0 bridgehead atoms. The zero-order chi connectivity index (χ0) is 17.9. The van der Waals surface area contributed by atoms with Gasteiger partial charge in [-0.15, -0.1) is 12.4 Å². The predicted molar refractivity (Wildman–Crippen MR) is 119 cm³/mol. The molecule has 0 spiro atoms. The van der Waals surface area contributed by atoms with Crippen molar-refractivity contribution >= 4 is 12.4 Å². The molecule has 1 nitrogen and oxygen atoms in total. The van der Waals surface area contributed by atoms with E-state index < -0.39 is 0 Å². The minimum atomic E-state index is 0. The van der Waals surface area contributed by atoms with Crippen molar-refractivity contribution in [3.8, 4) is 0 Å². The maximum atomic E-state index is 2.34. The minimum absolute atomic E-state index is 0. The van der Waals surface area contributed by atoms with E-state index in [1.54, 1.807) is 0 Å². The molecule has 0 amide bonds. The van der Waals surface area contributed by atoms with Gasteiger partial charge >= 0.3 is 0 Å². The van der Waals surface area contributed by atoms with E-state index in [1.165, 1.54) is 103 Å². The highest BCUT2D eigenvalue weighted by Crippen LogP contribution is 2.23. The summed E-state index contributed by atoms with van der Waals surface area (Å²) in [5.41, 5.74) is 0. The van der Waals surface area contributed by atoms with Gasteiger partial charge in [-0.25, -0.2) is 0 Å². The van der Waals surface area contributed by atoms with Gasteiger partial charge in [0.15, 0.2) is 0 Å². The Morgan fingerprint density at radius 2 is 0.840 bits per heavy atom. The van der Waals surface area contributed by atoms with Crippen LogP contribution in [0.5, 0.6) is 0 Å². The molecule has 1 aliphatic carbocycles. The second kappa shape index (κ2) is 22.0. The summed E-state index contributed by atoms with van der Waals surface area (Å²) in [6.45, 7) is 2.30. The lowest BCUT2D eigenvalue weighted by Gasteiger charge is -2.03. The average molecular weight is 374 g/mol. The van der Waals surface area contributed by atoms with Crippen LogP contribution in [-0.4, -0.2) is 26.0 Å². The summed E-state index contributed by atoms with van der Waals surface area (Å²) in [6, 6.07) is 0. The fraction of sp³-hybridized carbons (Fsp3) is 0.913. The average Bonchev–Trinajstić information content (AvgIpc) is 3.35. The smallest absolute Gasteiger partial charge is 0.00531 e. The molecule has 1 rings (SSSR count). The number of allylic oxidation sites excluding steroid dienone is 2. The minimum Gasteiger partial charge on any atom is -0.312 e. The molecule has 0 N–H and O–H groups in total. The molecule has 0 atom stereocenters. The van der Waals surface area contributed by atoms with Gasteiger partial charge < -0.3 is 4.90 Å². The Morgan fingerprint density at radius 3 is 1.12 bits per heavy atom. The van der Waals surface area contributed by atoms with Crippen LogP contribution in [0.4, 0.5) is 0 Å². The van der Waals surface area contributed by atoms with Crippen molar-refractivity contribution in [2.24, 2.45) is 5.92 Å². The van der Waals surface area contributed by atoms with Gasteiger partial charge in [-0.05, 0) is 33.5 Å². The summed E-state index contributed by atoms with van der Waals surface area (Å²) >= 11 is 0. The van der Waals surface area contributed by atoms with Gasteiger partial charge in [-0.1, -0.05) is 115 Å². The van der Waals surface area contributed by atoms with Gasteiger partial charge in [0, 0.05) is 0 Å². The van der Waals surface area contributed by atoms with Crippen LogP contribution in [0.2, 0.25) is 0 Å². The highest BCUT2D eigenvalue weighted by Gasteiger charge is 2.08. The first kappa shape index (κ1) is 27.2. The van der Waals surface area contributed by atoms with E-state index in [9.17, 15) is 0 Å². The molecule has 25 heavy (non-hydrogen) atoms. The fourth-order valence-electron chi connectivity index (χ4n) is 3.02. The molecule has 152 valence electrons. The third-order valence-corrected chi connectivity index (χ3v) is 4.61. The third-order valence-electron chi connectivity index (χ3n) is 4.61. The first-order valence-electron chi connectivity index (χ1n) is 11.0. The predicted octanol–water partition coefficient (Wildman–Crippen LogP) is 8.03. The second-order valence-corrected chi connectivity index (χ2v) is 8.13. The second-order valence-electron chi connectivity index (χ2n) is 8.13. The van der Waals surface area contributed by atoms with E-state index >= 15 is 0 Å². The fourth-order valence-corrected chi connectivity index (χ4v) is 3.02. The number of hydrogen-bond donors (Lipinski definition) is 0. The zero-order valence-corrected chi connectivity index (χ0v) is 18.7. The van der Waals surface area contributed by atoms with E-state index in [2.05, 4.69) is 19.1 Å². The van der Waals surface area contributed by atoms with Gasteiger partial charge in [-0.2, -0.15) is 0 Å². The molecule has 0 unspecified atom stereocenters. The van der Waals surface area contributed by atoms with Crippen molar-refractivity contribution in [1.82, 2.24) is 4.90 Å². The Labute approximate surface area is 166 Å². The Hall–Kier alpha value is -0.0100. The molecule has 1 aliphatic rings. The SMILES string of the molecule is CCCCCCCCCCCCCCCCCC1C=C1.CN(C)C.Cl. The van der Waals surface area contributed by atoms with Crippen LogP contribution in [0.3, 0.4) is 0 Å². The maximum absolute atomic E-state index is 2.34. The molecular formula is C23H48ClN. The van der Waals surface area contributed by atoms with Crippen LogP contribution in [0.1, 0.15) is 110 Å². The van der Waals surface area contributed by atoms with E-state index in [0.29, 0.717) is 0 Å². The number of halogens is 1. The van der Waals surface area contributed by atoms with Crippen LogP contribution in [0, 0.1) is 5.92 Å². The zero-order valence-electron chi connectivity index (χ0n) is 17.9. The lowest BCUT2D eigenvalue weighted by Crippen LogP contribution is -1.99. The summed E-state index contributed by atoms with van der Waals surface area (Å²) in [5.74, 6) is 0.900. The van der Waals surface area contributed by atoms with Crippen LogP contribution >= 0.6 is 12.4 Å². The summed E-state index contributed by atoms with van der Waals surface area (Å²) < 4.78 is 0. The maximum Gasteiger partial charge on any atom is -0.00531 e. The number of unbranched alkanes of at least 4 members (excludes halogenated alkanes) is 14. The molecule has 0 aromatic rings. The highest BCUT2D eigenvalue weighted by molar-refractivity contribution is 5.85. The molecule has 0 saturated carbocycles. The molecule has 0 fully saturated rings. The Kier molecular flexibility index (Phi) is 24.0. The molecule has 0 aromatic carbocycles. The molecule has 0 aliphatic heterocycles. The van der Waals surface area contributed by atoms with Crippen molar-refractivity contribution < 1.29 is 0 Å². The van der Waals surface area contributed by atoms with Gasteiger partial charge in [-0.3, -0.25) is 0 Å². The van der Waals surface area contributed by atoms with Crippen LogP contribution in [0.25, 0.3) is 0 Å². The Balaban J connectivity index is 0. The lowest BCUT2D eigenvalue weighted by molar-refractivity contribution is 0.505. The number of hydrogen-bond acceptors (Lipinski definition) is 1. The lowest BCUT2D eigenvalue weighted by atomic mass is 10.0. The Morgan fingerprint density at radius 1 is 0.560 bits per heavy atom. The highest BCUT2D eigenvalue weighted by atomic mass is 35.5. The standard InChI is InChI=1S/C20H38.C3H9N.ClH/c1-2-3-4-5-6-7-8-9-10-11-12-13-14-15-16-17-20-18-19-20;1-4(2)3;/h18-20H,2-17H2,1H3;1-3H3;1H. The molecule has 0 saturated heterocycles. The molecule has 0 aromatic heterocycles. The van der Waals surface area contributed by atoms with Gasteiger partial charge in [0.2, 0.25) is 0 Å². The van der Waals surface area contributed by atoms with E-state index in [4.69, 9.17) is 0 Å². The molecule has 2 heteroatoms. The number of nitrogens with zero attached hydrogens (tertiary/aromatic N) is 1. The van der Waals surface area contributed by atoms with Crippen molar-refractivity contribution in [3.05, 3.63) is 12.2 Å². The summed E-state index contributed by atoms with van der Waals surface area (Å²) in [6.07, 6.45) is 28.1. The molecule has 0 radical (unpaired) electrons. The molecular weight excluding hydrogens is 326 g/mol. The third kappa shape index (κ3) is 29.0. The van der Waals surface area contributed by atoms with Crippen LogP contribution < -0.4 is 0 Å². The van der Waals surface area contributed by atoms with Gasteiger partial charge in [0.1, 0.15) is 0 Å². The van der Waals surface area contributed by atoms with E-state index in [-0.39, 0.29) is 12.4 Å². The summed E-state index contributed by atoms with van der Waals surface area (Å²) in [4.78, 5) is 2.00. The Bertz CT molecular complexity index is 254. The first-order chi connectivity index (χ1) is 11.7. The van der Waals surface area contributed by atoms with Crippen LogP contribution in [0.15, 0.2) is 12.2 Å². The van der Waals surface area contributed by atoms with Gasteiger partial charge in [0.25, 0.3) is 0 Å². The summed E-state index contributed by atoms with van der Waals surface area (Å²) in [7, 11) is 6.00. The van der Waals surface area contributed by atoms with Gasteiger partial charge in [0.05, 0.1) is 0 Å². The quantitative estimate of drug-likeness (QED) is 0.195. The van der Waals surface area contributed by atoms with Crippen molar-refractivity contribution in [2.45, 2.75) is 110 Å². The van der Waals surface area contributed by atoms with Crippen molar-refractivity contribution in [2.75, 3.05) is 21.1 Å². The largest absolute Gasteiger partial charge is 0.312 e. The number of rotatable bonds is 16. The first-order valence-corrected chi connectivity index (χ1v) is 11.0. The van der Waals surface area contributed by atoms with E-state index in [1.807, 2.05) is 26.0 Å². The normalized spacial score (nSPS) is 12.7. The van der Waals surface area contributed by atoms with Crippen LogP contribution in [-0.2, 0) is 0 Å². The topological polar surface area (TPSA) is 3.24 Å². The summed E-state index contributed by atoms with van der Waals surface area (Å²) in [5, 5.41) is 0. The monoisotopic (exact) mass is 373 g/mol.